The van der Waals surface area contributed by atoms with Crippen LogP contribution in [0, 0.1) is 6.92 Å². The number of carbonyl (C=O) groups excluding carboxylic acids is 2. The van der Waals surface area contributed by atoms with E-state index in [1.54, 1.807) is 41.6 Å². The van der Waals surface area contributed by atoms with Crippen LogP contribution in [0.15, 0.2) is 41.1 Å². The molecule has 0 spiro atoms. The second-order valence-corrected chi connectivity index (χ2v) is 9.66. The van der Waals surface area contributed by atoms with Crippen LogP contribution in [-0.4, -0.2) is 66.7 Å². The van der Waals surface area contributed by atoms with Gasteiger partial charge in [0.15, 0.2) is 5.76 Å². The molecule has 2 amide bonds. The summed E-state index contributed by atoms with van der Waals surface area (Å²) in [6, 6.07) is 6.17. The normalized spacial score (nSPS) is 16.7. The topological polar surface area (TPSA) is 128 Å². The van der Waals surface area contributed by atoms with Crippen molar-refractivity contribution in [3.63, 3.8) is 0 Å². The number of amides is 2. The van der Waals surface area contributed by atoms with E-state index in [0.29, 0.717) is 17.9 Å². The number of hydrogen-bond donors (Lipinski definition) is 1. The summed E-state index contributed by atoms with van der Waals surface area (Å²) >= 11 is 0. The SMILES string of the molecule is Cc1ccc(-c2nnn(CC(=O)N(C[C@@H]3CCCO3)[C@H](C(=O)NC(C)(C)C)c3ccncc3)n2)o1. The van der Waals surface area contributed by atoms with E-state index in [2.05, 4.69) is 25.7 Å². The monoisotopic (exact) mass is 481 g/mol. The Morgan fingerprint density at radius 3 is 2.63 bits per heavy atom. The standard InChI is InChI=1S/C24H31N7O4/c1-16-7-8-19(35-16)22-27-29-31(28-22)15-20(32)30(14-18-6-5-13-34-18)21(17-9-11-25-12-10-17)23(33)26-24(2,3)4/h7-12,18,21H,5-6,13-15H2,1-4H3,(H,26,33)/t18-,21-/m0/s1. The van der Waals surface area contributed by atoms with Crippen molar-refractivity contribution in [3.05, 3.63) is 48.0 Å². The summed E-state index contributed by atoms with van der Waals surface area (Å²) in [5.41, 5.74) is 0.177. The molecule has 4 rings (SSSR count). The average molecular weight is 482 g/mol. The molecule has 0 saturated carbocycles. The van der Waals surface area contributed by atoms with Gasteiger partial charge in [0, 0.05) is 31.1 Å². The van der Waals surface area contributed by atoms with Gasteiger partial charge in [-0.3, -0.25) is 14.6 Å². The Labute approximate surface area is 203 Å². The van der Waals surface area contributed by atoms with Gasteiger partial charge in [0.1, 0.15) is 18.3 Å². The third-order valence-electron chi connectivity index (χ3n) is 5.52. The van der Waals surface area contributed by atoms with Gasteiger partial charge in [0.05, 0.1) is 6.10 Å². The first-order chi connectivity index (χ1) is 16.7. The molecule has 0 radical (unpaired) electrons. The lowest BCUT2D eigenvalue weighted by Crippen LogP contribution is -2.51. The molecule has 0 bridgehead atoms. The van der Waals surface area contributed by atoms with E-state index in [1.165, 1.54) is 4.80 Å². The van der Waals surface area contributed by atoms with Gasteiger partial charge < -0.3 is 19.4 Å². The van der Waals surface area contributed by atoms with Crippen molar-refractivity contribution in [1.82, 2.24) is 35.4 Å². The van der Waals surface area contributed by atoms with Crippen LogP contribution in [0.2, 0.25) is 0 Å². The Morgan fingerprint density at radius 2 is 2.00 bits per heavy atom. The van der Waals surface area contributed by atoms with Crippen molar-refractivity contribution in [2.45, 2.75) is 64.8 Å². The second-order valence-electron chi connectivity index (χ2n) is 9.66. The fourth-order valence-corrected chi connectivity index (χ4v) is 3.99. The zero-order chi connectivity index (χ0) is 25.0. The molecule has 1 N–H and O–H groups in total. The third kappa shape index (κ3) is 6.30. The van der Waals surface area contributed by atoms with Crippen molar-refractivity contribution >= 4 is 11.8 Å². The molecule has 1 fully saturated rings. The van der Waals surface area contributed by atoms with Crippen LogP contribution in [0.5, 0.6) is 0 Å². The minimum absolute atomic E-state index is 0.156. The molecule has 1 aliphatic heterocycles. The first kappa shape index (κ1) is 24.5. The van der Waals surface area contributed by atoms with Gasteiger partial charge in [-0.05, 0) is 75.6 Å². The highest BCUT2D eigenvalue weighted by Gasteiger charge is 2.35. The Balaban J connectivity index is 1.62. The molecule has 11 nitrogen and oxygen atoms in total. The Hall–Kier alpha value is -3.60. The van der Waals surface area contributed by atoms with E-state index in [1.807, 2.05) is 27.7 Å². The predicted octanol–water partition coefficient (Wildman–Crippen LogP) is 2.30. The Kier molecular flexibility index (Phi) is 7.25. The Morgan fingerprint density at radius 1 is 1.23 bits per heavy atom. The number of nitrogens with one attached hydrogen (secondary N) is 1. The number of hydrogen-bond acceptors (Lipinski definition) is 8. The summed E-state index contributed by atoms with van der Waals surface area (Å²) in [5, 5.41) is 15.3. The number of pyridine rings is 1. The molecule has 4 heterocycles. The van der Waals surface area contributed by atoms with Crippen LogP contribution in [-0.2, 0) is 20.9 Å². The van der Waals surface area contributed by atoms with Crippen LogP contribution in [0.4, 0.5) is 0 Å². The number of aryl methyl sites for hydroxylation is 1. The second kappa shape index (κ2) is 10.3. The quantitative estimate of drug-likeness (QED) is 0.519. The van der Waals surface area contributed by atoms with E-state index in [0.717, 1.165) is 18.6 Å². The molecule has 1 aliphatic rings. The highest BCUT2D eigenvalue weighted by Crippen LogP contribution is 2.25. The molecule has 35 heavy (non-hydrogen) atoms. The number of tetrazole rings is 1. The summed E-state index contributed by atoms with van der Waals surface area (Å²) in [6.07, 6.45) is 4.79. The zero-order valence-electron chi connectivity index (χ0n) is 20.5. The van der Waals surface area contributed by atoms with E-state index in [9.17, 15) is 9.59 Å². The summed E-state index contributed by atoms with van der Waals surface area (Å²) in [7, 11) is 0. The van der Waals surface area contributed by atoms with Crippen LogP contribution >= 0.6 is 0 Å². The molecule has 0 unspecified atom stereocenters. The van der Waals surface area contributed by atoms with Gasteiger partial charge in [0.2, 0.25) is 17.6 Å². The van der Waals surface area contributed by atoms with Gasteiger partial charge in [-0.2, -0.15) is 4.80 Å². The smallest absolute Gasteiger partial charge is 0.247 e. The molecule has 1 saturated heterocycles. The van der Waals surface area contributed by atoms with Gasteiger partial charge >= 0.3 is 0 Å². The molecular weight excluding hydrogens is 450 g/mol. The van der Waals surface area contributed by atoms with Crippen molar-refractivity contribution in [1.29, 1.82) is 0 Å². The number of ether oxygens (including phenoxy) is 1. The lowest BCUT2D eigenvalue weighted by atomic mass is 10.0. The first-order valence-electron chi connectivity index (χ1n) is 11.7. The van der Waals surface area contributed by atoms with Gasteiger partial charge in [-0.1, -0.05) is 0 Å². The van der Waals surface area contributed by atoms with Crippen LogP contribution in [0.25, 0.3) is 11.6 Å². The maximum Gasteiger partial charge on any atom is 0.247 e. The predicted molar refractivity (Wildman–Crippen MR) is 126 cm³/mol. The lowest BCUT2D eigenvalue weighted by molar-refractivity contribution is -0.144. The fraction of sp³-hybridized carbons (Fsp3) is 0.500. The molecule has 3 aromatic heterocycles. The van der Waals surface area contributed by atoms with Crippen molar-refractivity contribution in [2.75, 3.05) is 13.2 Å². The van der Waals surface area contributed by atoms with E-state index >= 15 is 0 Å². The highest BCUT2D eigenvalue weighted by atomic mass is 16.5. The number of carbonyl (C=O) groups is 2. The lowest BCUT2D eigenvalue weighted by Gasteiger charge is -2.34. The van der Waals surface area contributed by atoms with Crippen LogP contribution in [0.1, 0.15) is 51.0 Å². The van der Waals surface area contributed by atoms with E-state index in [4.69, 9.17) is 9.15 Å². The maximum atomic E-state index is 13.7. The minimum Gasteiger partial charge on any atom is -0.458 e. The summed E-state index contributed by atoms with van der Waals surface area (Å²) in [5.74, 6) is 0.865. The molecule has 2 atom stereocenters. The van der Waals surface area contributed by atoms with Gasteiger partial charge in [0.25, 0.3) is 0 Å². The number of furan rings is 1. The number of rotatable bonds is 8. The van der Waals surface area contributed by atoms with Crippen molar-refractivity contribution in [2.24, 2.45) is 0 Å². The summed E-state index contributed by atoms with van der Waals surface area (Å²) < 4.78 is 11.4. The van der Waals surface area contributed by atoms with Crippen LogP contribution < -0.4 is 5.32 Å². The molecule has 3 aromatic rings. The first-order valence-corrected chi connectivity index (χ1v) is 11.7. The maximum absolute atomic E-state index is 13.7. The van der Waals surface area contributed by atoms with Gasteiger partial charge in [-0.15, -0.1) is 10.2 Å². The minimum atomic E-state index is -0.871. The number of nitrogens with zero attached hydrogens (tertiary/aromatic N) is 6. The summed E-state index contributed by atoms with van der Waals surface area (Å²) in [4.78, 5) is 34.0. The third-order valence-corrected chi connectivity index (χ3v) is 5.52. The largest absolute Gasteiger partial charge is 0.458 e. The van der Waals surface area contributed by atoms with Crippen molar-refractivity contribution in [3.8, 4) is 11.6 Å². The van der Waals surface area contributed by atoms with E-state index < -0.39 is 11.6 Å². The fourth-order valence-electron chi connectivity index (χ4n) is 3.99. The molecular formula is C24H31N7O4. The van der Waals surface area contributed by atoms with E-state index in [-0.39, 0.29) is 36.8 Å². The van der Waals surface area contributed by atoms with Gasteiger partial charge in [-0.25, -0.2) is 0 Å². The Bertz CT molecular complexity index is 1150. The average Bonchev–Trinajstić information content (AvgIpc) is 3.55. The van der Waals surface area contributed by atoms with Crippen molar-refractivity contribution < 1.29 is 18.7 Å². The summed E-state index contributed by atoms with van der Waals surface area (Å²) in [6.45, 7) is 8.24. The highest BCUT2D eigenvalue weighted by molar-refractivity contribution is 5.89. The molecule has 0 aliphatic carbocycles. The van der Waals surface area contributed by atoms with Crippen LogP contribution in [0.3, 0.4) is 0 Å². The molecule has 11 heteroatoms. The number of aromatic nitrogens is 5. The molecule has 186 valence electrons. The zero-order valence-corrected chi connectivity index (χ0v) is 20.5. The molecule has 0 aromatic carbocycles.